The van der Waals surface area contributed by atoms with E-state index in [4.69, 9.17) is 4.74 Å². The van der Waals surface area contributed by atoms with Crippen molar-refractivity contribution >= 4 is 6.09 Å². The summed E-state index contributed by atoms with van der Waals surface area (Å²) in [5.41, 5.74) is 2.37. The lowest BCUT2D eigenvalue weighted by Gasteiger charge is -2.20. The van der Waals surface area contributed by atoms with E-state index < -0.39 is 6.09 Å². The molecule has 7 heteroatoms. The summed E-state index contributed by atoms with van der Waals surface area (Å²) in [5.74, 6) is 0.992. The summed E-state index contributed by atoms with van der Waals surface area (Å²) in [4.78, 5) is 11.9. The van der Waals surface area contributed by atoms with Crippen molar-refractivity contribution in [3.05, 3.63) is 71.5 Å². The Morgan fingerprint density at radius 2 is 1.50 bits per heavy atom. The van der Waals surface area contributed by atoms with Gasteiger partial charge in [-0.15, -0.1) is 20.4 Å². The SMILES string of the molecule is CC(C)(C)NC(=O)OCc1ccccc1Cc1nnc(-c2ccccc2)nn1. The number of nitrogens with one attached hydrogen (secondary N) is 1. The zero-order valence-corrected chi connectivity index (χ0v) is 16.2. The van der Waals surface area contributed by atoms with Crippen molar-refractivity contribution in [3.63, 3.8) is 0 Å². The van der Waals surface area contributed by atoms with Crippen molar-refractivity contribution in [2.75, 3.05) is 0 Å². The highest BCUT2D eigenvalue weighted by atomic mass is 16.5. The van der Waals surface area contributed by atoms with E-state index in [9.17, 15) is 4.79 Å². The first-order valence-corrected chi connectivity index (χ1v) is 9.04. The number of carbonyl (C=O) groups excluding carboxylic acids is 1. The highest BCUT2D eigenvalue weighted by Crippen LogP contribution is 2.15. The number of nitrogens with zero attached hydrogens (tertiary/aromatic N) is 4. The summed E-state index contributed by atoms with van der Waals surface area (Å²) >= 11 is 0. The van der Waals surface area contributed by atoms with E-state index in [0.717, 1.165) is 16.7 Å². The number of aromatic nitrogens is 4. The lowest BCUT2D eigenvalue weighted by Crippen LogP contribution is -2.40. The van der Waals surface area contributed by atoms with Crippen molar-refractivity contribution in [1.82, 2.24) is 25.7 Å². The molecule has 0 bridgehead atoms. The molecule has 0 aliphatic carbocycles. The van der Waals surface area contributed by atoms with Gasteiger partial charge < -0.3 is 10.1 Å². The van der Waals surface area contributed by atoms with E-state index in [2.05, 4.69) is 25.7 Å². The normalized spacial score (nSPS) is 11.1. The van der Waals surface area contributed by atoms with E-state index in [-0.39, 0.29) is 12.1 Å². The van der Waals surface area contributed by atoms with Gasteiger partial charge in [-0.3, -0.25) is 0 Å². The lowest BCUT2D eigenvalue weighted by molar-refractivity contribution is 0.131. The van der Waals surface area contributed by atoms with Crippen LogP contribution in [-0.4, -0.2) is 32.0 Å². The molecule has 0 unspecified atom stereocenters. The first-order valence-electron chi connectivity index (χ1n) is 9.04. The average Bonchev–Trinajstić information content (AvgIpc) is 2.67. The second-order valence-electron chi connectivity index (χ2n) is 7.40. The molecule has 0 saturated carbocycles. The molecular formula is C21H23N5O2. The van der Waals surface area contributed by atoms with Gasteiger partial charge in [-0.05, 0) is 31.9 Å². The van der Waals surface area contributed by atoms with E-state index in [1.165, 1.54) is 0 Å². The molecule has 3 rings (SSSR count). The number of amides is 1. The second-order valence-corrected chi connectivity index (χ2v) is 7.40. The Morgan fingerprint density at radius 1 is 0.893 bits per heavy atom. The summed E-state index contributed by atoms with van der Waals surface area (Å²) in [6.45, 7) is 5.87. The molecule has 0 fully saturated rings. The van der Waals surface area contributed by atoms with Gasteiger partial charge in [0.1, 0.15) is 6.61 Å². The van der Waals surface area contributed by atoms with Crippen molar-refractivity contribution in [2.24, 2.45) is 0 Å². The van der Waals surface area contributed by atoms with E-state index >= 15 is 0 Å². The molecule has 1 aromatic heterocycles. The van der Waals surface area contributed by atoms with Gasteiger partial charge in [0.05, 0.1) is 0 Å². The zero-order chi connectivity index (χ0) is 20.0. The molecule has 0 aliphatic rings. The Bertz CT molecular complexity index is 922. The first kappa shape index (κ1) is 19.4. The number of ether oxygens (including phenoxy) is 1. The second kappa shape index (κ2) is 8.56. The van der Waals surface area contributed by atoms with Gasteiger partial charge in [0.15, 0.2) is 5.82 Å². The molecule has 1 heterocycles. The predicted molar refractivity (Wildman–Crippen MR) is 105 cm³/mol. The number of benzene rings is 2. The molecule has 0 atom stereocenters. The van der Waals surface area contributed by atoms with Gasteiger partial charge >= 0.3 is 6.09 Å². The Morgan fingerprint density at radius 3 is 2.14 bits per heavy atom. The third-order valence-corrected chi connectivity index (χ3v) is 3.86. The third-order valence-electron chi connectivity index (χ3n) is 3.86. The lowest BCUT2D eigenvalue weighted by atomic mass is 10.1. The molecule has 28 heavy (non-hydrogen) atoms. The largest absolute Gasteiger partial charge is 0.445 e. The van der Waals surface area contributed by atoms with E-state index in [1.54, 1.807) is 0 Å². The Balaban J connectivity index is 1.67. The highest BCUT2D eigenvalue weighted by Gasteiger charge is 2.15. The van der Waals surface area contributed by atoms with Crippen LogP contribution in [0.5, 0.6) is 0 Å². The molecule has 0 saturated heterocycles. The quantitative estimate of drug-likeness (QED) is 0.731. The summed E-state index contributed by atoms with van der Waals surface area (Å²) in [5, 5.41) is 19.5. The fourth-order valence-electron chi connectivity index (χ4n) is 2.55. The maximum Gasteiger partial charge on any atom is 0.407 e. The molecule has 0 aliphatic heterocycles. The Kier molecular flexibility index (Phi) is 5.93. The number of carbonyl (C=O) groups is 1. The zero-order valence-electron chi connectivity index (χ0n) is 16.2. The predicted octanol–water partition coefficient (Wildman–Crippen LogP) is 3.55. The maximum atomic E-state index is 11.9. The highest BCUT2D eigenvalue weighted by molar-refractivity contribution is 5.68. The molecule has 1 N–H and O–H groups in total. The van der Waals surface area contributed by atoms with Crippen molar-refractivity contribution in [1.29, 1.82) is 0 Å². The fraction of sp³-hybridized carbons (Fsp3) is 0.286. The van der Waals surface area contributed by atoms with Crippen molar-refractivity contribution < 1.29 is 9.53 Å². The van der Waals surface area contributed by atoms with E-state index in [0.29, 0.717) is 18.1 Å². The van der Waals surface area contributed by atoms with Crippen LogP contribution in [0.4, 0.5) is 4.79 Å². The van der Waals surface area contributed by atoms with Gasteiger partial charge in [0.25, 0.3) is 0 Å². The molecule has 1 amide bonds. The van der Waals surface area contributed by atoms with Crippen LogP contribution in [0.3, 0.4) is 0 Å². The van der Waals surface area contributed by atoms with E-state index in [1.807, 2.05) is 75.4 Å². The van der Waals surface area contributed by atoms with Crippen LogP contribution in [0.15, 0.2) is 54.6 Å². The molecule has 3 aromatic rings. The van der Waals surface area contributed by atoms with Crippen molar-refractivity contribution in [2.45, 2.75) is 39.3 Å². The summed E-state index contributed by atoms with van der Waals surface area (Å²) < 4.78 is 5.34. The first-order chi connectivity index (χ1) is 13.4. The van der Waals surface area contributed by atoms with Crippen LogP contribution in [-0.2, 0) is 17.8 Å². The monoisotopic (exact) mass is 377 g/mol. The standard InChI is InChI=1S/C21H23N5O2/c1-21(2,3)22-20(27)28-14-17-12-8-7-11-16(17)13-18-23-25-19(26-24-18)15-9-5-4-6-10-15/h4-12H,13-14H2,1-3H3,(H,22,27). The van der Waals surface area contributed by atoms with Gasteiger partial charge in [-0.25, -0.2) is 4.79 Å². The van der Waals surface area contributed by atoms with Crippen LogP contribution in [0, 0.1) is 0 Å². The maximum absolute atomic E-state index is 11.9. The number of hydrogen-bond donors (Lipinski definition) is 1. The minimum absolute atomic E-state index is 0.168. The minimum Gasteiger partial charge on any atom is -0.445 e. The van der Waals surface area contributed by atoms with Crippen LogP contribution in [0.25, 0.3) is 11.4 Å². The smallest absolute Gasteiger partial charge is 0.407 e. The number of hydrogen-bond acceptors (Lipinski definition) is 6. The van der Waals surface area contributed by atoms with Gasteiger partial charge in [0.2, 0.25) is 5.82 Å². The fourth-order valence-corrected chi connectivity index (χ4v) is 2.55. The van der Waals surface area contributed by atoms with Gasteiger partial charge in [-0.2, -0.15) is 0 Å². The van der Waals surface area contributed by atoms with Gasteiger partial charge in [-0.1, -0.05) is 54.6 Å². The van der Waals surface area contributed by atoms with Crippen LogP contribution < -0.4 is 5.32 Å². The van der Waals surface area contributed by atoms with Crippen LogP contribution in [0.2, 0.25) is 0 Å². The van der Waals surface area contributed by atoms with Gasteiger partial charge in [0, 0.05) is 17.5 Å². The molecule has 0 spiro atoms. The topological polar surface area (TPSA) is 89.9 Å². The van der Waals surface area contributed by atoms with Crippen molar-refractivity contribution in [3.8, 4) is 11.4 Å². The molecule has 2 aromatic carbocycles. The average molecular weight is 377 g/mol. The number of rotatable bonds is 5. The molecule has 7 nitrogen and oxygen atoms in total. The third kappa shape index (κ3) is 5.57. The summed E-state index contributed by atoms with van der Waals surface area (Å²) in [6.07, 6.45) is 0.00395. The Hall–Kier alpha value is -3.35. The molecule has 144 valence electrons. The number of alkyl carbamates (subject to hydrolysis) is 1. The molecular weight excluding hydrogens is 354 g/mol. The Labute approximate surface area is 164 Å². The minimum atomic E-state index is -0.450. The van der Waals surface area contributed by atoms with Crippen LogP contribution in [0.1, 0.15) is 37.7 Å². The summed E-state index contributed by atoms with van der Waals surface area (Å²) in [6, 6.07) is 17.3. The summed E-state index contributed by atoms with van der Waals surface area (Å²) in [7, 11) is 0. The van der Waals surface area contributed by atoms with Crippen LogP contribution >= 0.6 is 0 Å². The molecule has 0 radical (unpaired) electrons.